The predicted molar refractivity (Wildman–Crippen MR) is 105 cm³/mol. The molecule has 1 aliphatic heterocycles. The molecule has 0 radical (unpaired) electrons. The van der Waals surface area contributed by atoms with Crippen molar-refractivity contribution < 1.29 is 19.4 Å². The zero-order valence-corrected chi connectivity index (χ0v) is 15.6. The molecule has 1 aromatic heterocycles. The molecule has 148 valence electrons. The van der Waals surface area contributed by atoms with Crippen molar-refractivity contribution in [2.75, 3.05) is 56.2 Å². The Labute approximate surface area is 163 Å². The molecule has 0 bridgehead atoms. The molecule has 0 atom stereocenters. The van der Waals surface area contributed by atoms with Gasteiger partial charge in [0.25, 0.3) is 5.91 Å². The van der Waals surface area contributed by atoms with Crippen LogP contribution in [0.4, 0.5) is 11.5 Å². The lowest BCUT2D eigenvalue weighted by atomic mass is 10.2. The molecule has 0 unspecified atom stereocenters. The summed E-state index contributed by atoms with van der Waals surface area (Å²) >= 11 is 0. The smallest absolute Gasteiger partial charge is 0.340 e. The fourth-order valence-corrected chi connectivity index (χ4v) is 3.03. The van der Waals surface area contributed by atoms with E-state index in [4.69, 9.17) is 9.84 Å². The number of nitrogens with one attached hydrogen (secondary N) is 1. The largest absolute Gasteiger partial charge is 0.452 e. The van der Waals surface area contributed by atoms with E-state index in [0.717, 1.165) is 5.82 Å². The molecular formula is C20H24N4O4. The SMILES string of the molecule is O=C(OCC(=O)N1CCN(c2ccccn2)CC1)c1ccccc1NCCO. The van der Waals surface area contributed by atoms with Crippen molar-refractivity contribution in [2.24, 2.45) is 0 Å². The maximum absolute atomic E-state index is 12.4. The number of aromatic nitrogens is 1. The number of piperazine rings is 1. The Morgan fingerprint density at radius 3 is 2.54 bits per heavy atom. The molecule has 0 saturated carbocycles. The number of amides is 1. The number of carbonyl (C=O) groups excluding carboxylic acids is 2. The third-order valence-electron chi connectivity index (χ3n) is 4.51. The Morgan fingerprint density at radius 1 is 1.07 bits per heavy atom. The Morgan fingerprint density at radius 2 is 1.82 bits per heavy atom. The van der Waals surface area contributed by atoms with Crippen molar-refractivity contribution in [3.8, 4) is 0 Å². The summed E-state index contributed by atoms with van der Waals surface area (Å²) in [5, 5.41) is 11.9. The highest BCUT2D eigenvalue weighted by Gasteiger charge is 2.23. The normalized spacial score (nSPS) is 13.9. The molecule has 8 heteroatoms. The zero-order valence-electron chi connectivity index (χ0n) is 15.6. The van der Waals surface area contributed by atoms with E-state index in [-0.39, 0.29) is 19.1 Å². The van der Waals surface area contributed by atoms with Gasteiger partial charge in [-0.25, -0.2) is 9.78 Å². The van der Waals surface area contributed by atoms with Crippen LogP contribution in [0.3, 0.4) is 0 Å². The van der Waals surface area contributed by atoms with Crippen molar-refractivity contribution in [3.63, 3.8) is 0 Å². The van der Waals surface area contributed by atoms with Crippen molar-refractivity contribution in [1.82, 2.24) is 9.88 Å². The maximum Gasteiger partial charge on any atom is 0.340 e. The number of hydrogen-bond donors (Lipinski definition) is 2. The number of esters is 1. The molecule has 0 spiro atoms. The number of ether oxygens (including phenoxy) is 1. The Bertz CT molecular complexity index is 792. The Hall–Kier alpha value is -3.13. The standard InChI is InChI=1S/C20H24N4O4/c25-14-9-21-17-6-2-1-5-16(17)20(27)28-15-19(26)24-12-10-23(11-13-24)18-7-3-4-8-22-18/h1-8,21,25H,9-15H2. The molecule has 2 N–H and O–H groups in total. The first kappa shape index (κ1) is 19.6. The number of aliphatic hydroxyl groups excluding tert-OH is 1. The first-order valence-electron chi connectivity index (χ1n) is 9.23. The van der Waals surface area contributed by atoms with Crippen LogP contribution in [0.1, 0.15) is 10.4 Å². The quantitative estimate of drug-likeness (QED) is 0.688. The summed E-state index contributed by atoms with van der Waals surface area (Å²) in [7, 11) is 0. The maximum atomic E-state index is 12.4. The average Bonchev–Trinajstić information content (AvgIpc) is 2.76. The number of pyridine rings is 1. The van der Waals surface area contributed by atoms with Crippen molar-refractivity contribution in [3.05, 3.63) is 54.2 Å². The van der Waals surface area contributed by atoms with E-state index >= 15 is 0 Å². The molecule has 2 heterocycles. The first-order chi connectivity index (χ1) is 13.7. The van der Waals surface area contributed by atoms with Gasteiger partial charge in [-0.2, -0.15) is 0 Å². The predicted octanol–water partition coefficient (Wildman–Crippen LogP) is 0.991. The van der Waals surface area contributed by atoms with Crippen molar-refractivity contribution in [1.29, 1.82) is 0 Å². The second-order valence-electron chi connectivity index (χ2n) is 6.33. The van der Waals surface area contributed by atoms with E-state index in [1.54, 1.807) is 35.4 Å². The molecule has 8 nitrogen and oxygen atoms in total. The van der Waals surface area contributed by atoms with Gasteiger partial charge in [0.15, 0.2) is 6.61 Å². The molecule has 2 aromatic rings. The fraction of sp³-hybridized carbons (Fsp3) is 0.350. The Balaban J connectivity index is 1.49. The summed E-state index contributed by atoms with van der Waals surface area (Å²) in [6.45, 7) is 2.46. The molecule has 1 amide bonds. The minimum absolute atomic E-state index is 0.0493. The van der Waals surface area contributed by atoms with Crippen LogP contribution in [-0.4, -0.2) is 72.8 Å². The van der Waals surface area contributed by atoms with Crippen LogP contribution in [0.2, 0.25) is 0 Å². The van der Waals surface area contributed by atoms with Crippen LogP contribution in [-0.2, 0) is 9.53 Å². The third-order valence-corrected chi connectivity index (χ3v) is 4.51. The van der Waals surface area contributed by atoms with Gasteiger partial charge in [-0.3, -0.25) is 4.79 Å². The van der Waals surface area contributed by atoms with Gasteiger partial charge in [0.05, 0.1) is 12.2 Å². The minimum atomic E-state index is -0.568. The van der Waals surface area contributed by atoms with Crippen molar-refractivity contribution in [2.45, 2.75) is 0 Å². The van der Waals surface area contributed by atoms with Gasteiger partial charge in [0, 0.05) is 44.6 Å². The minimum Gasteiger partial charge on any atom is -0.452 e. The van der Waals surface area contributed by atoms with Gasteiger partial charge in [-0.1, -0.05) is 18.2 Å². The molecule has 1 aromatic carbocycles. The highest BCUT2D eigenvalue weighted by Crippen LogP contribution is 2.16. The van der Waals surface area contributed by atoms with E-state index in [1.807, 2.05) is 18.2 Å². The number of carbonyl (C=O) groups is 2. The van der Waals surface area contributed by atoms with Gasteiger partial charge in [-0.15, -0.1) is 0 Å². The fourth-order valence-electron chi connectivity index (χ4n) is 3.03. The van der Waals surface area contributed by atoms with E-state index in [2.05, 4.69) is 15.2 Å². The summed E-state index contributed by atoms with van der Waals surface area (Å²) in [6.07, 6.45) is 1.75. The van der Waals surface area contributed by atoms with E-state index in [9.17, 15) is 9.59 Å². The topological polar surface area (TPSA) is 95.0 Å². The van der Waals surface area contributed by atoms with Crippen LogP contribution >= 0.6 is 0 Å². The summed E-state index contributed by atoms with van der Waals surface area (Å²) in [6, 6.07) is 12.6. The second-order valence-corrected chi connectivity index (χ2v) is 6.33. The van der Waals surface area contributed by atoms with Crippen LogP contribution in [0.25, 0.3) is 0 Å². The number of nitrogens with zero attached hydrogens (tertiary/aromatic N) is 3. The van der Waals surface area contributed by atoms with E-state index in [0.29, 0.717) is 44.0 Å². The number of aliphatic hydroxyl groups is 1. The molecule has 1 aliphatic rings. The number of para-hydroxylation sites is 1. The molecule has 28 heavy (non-hydrogen) atoms. The molecule has 0 aliphatic carbocycles. The number of rotatable bonds is 7. The van der Waals surface area contributed by atoms with Crippen LogP contribution in [0, 0.1) is 0 Å². The number of hydrogen-bond acceptors (Lipinski definition) is 7. The van der Waals surface area contributed by atoms with Crippen LogP contribution < -0.4 is 10.2 Å². The highest BCUT2D eigenvalue weighted by molar-refractivity contribution is 5.96. The van der Waals surface area contributed by atoms with Gasteiger partial charge >= 0.3 is 5.97 Å². The van der Waals surface area contributed by atoms with E-state index in [1.165, 1.54) is 0 Å². The molecule has 1 saturated heterocycles. The van der Waals surface area contributed by atoms with Gasteiger partial charge < -0.3 is 25.0 Å². The number of anilines is 2. The molecular weight excluding hydrogens is 360 g/mol. The average molecular weight is 384 g/mol. The molecule has 1 fully saturated rings. The van der Waals surface area contributed by atoms with Crippen molar-refractivity contribution >= 4 is 23.4 Å². The van der Waals surface area contributed by atoms with Gasteiger partial charge in [0.2, 0.25) is 0 Å². The highest BCUT2D eigenvalue weighted by atomic mass is 16.5. The number of benzene rings is 1. The summed E-state index contributed by atoms with van der Waals surface area (Å²) in [4.78, 5) is 32.9. The summed E-state index contributed by atoms with van der Waals surface area (Å²) in [5.74, 6) is 0.115. The van der Waals surface area contributed by atoms with E-state index < -0.39 is 5.97 Å². The Kier molecular flexibility index (Phi) is 6.80. The summed E-state index contributed by atoms with van der Waals surface area (Å²) in [5.41, 5.74) is 0.904. The second kappa shape index (κ2) is 9.70. The van der Waals surface area contributed by atoms with Gasteiger partial charge in [-0.05, 0) is 24.3 Å². The zero-order chi connectivity index (χ0) is 19.8. The lowest BCUT2D eigenvalue weighted by Crippen LogP contribution is -2.50. The lowest BCUT2D eigenvalue weighted by molar-refractivity contribution is -0.134. The monoisotopic (exact) mass is 384 g/mol. The van der Waals surface area contributed by atoms with Gasteiger partial charge in [0.1, 0.15) is 5.82 Å². The van der Waals surface area contributed by atoms with Crippen LogP contribution in [0.5, 0.6) is 0 Å². The molecule has 3 rings (SSSR count). The lowest BCUT2D eigenvalue weighted by Gasteiger charge is -2.35. The van der Waals surface area contributed by atoms with Crippen LogP contribution in [0.15, 0.2) is 48.7 Å². The summed E-state index contributed by atoms with van der Waals surface area (Å²) < 4.78 is 5.22. The third kappa shape index (κ3) is 4.98. The first-order valence-corrected chi connectivity index (χ1v) is 9.23.